The van der Waals surface area contributed by atoms with E-state index in [9.17, 15) is 24.8 Å². The van der Waals surface area contributed by atoms with E-state index in [0.717, 1.165) is 11.3 Å². The maximum Gasteiger partial charge on any atom is 0.331 e. The molecule has 1 atom stereocenters. The number of aromatic nitrogens is 1. The van der Waals surface area contributed by atoms with Gasteiger partial charge in [-0.05, 0) is 6.92 Å². The Labute approximate surface area is 146 Å². The van der Waals surface area contributed by atoms with E-state index in [-0.39, 0.29) is 18.0 Å². The van der Waals surface area contributed by atoms with Crippen LogP contribution < -0.4 is 5.32 Å². The second-order valence-electron chi connectivity index (χ2n) is 5.37. The van der Waals surface area contributed by atoms with Gasteiger partial charge in [-0.25, -0.2) is 9.78 Å². The first-order valence-electron chi connectivity index (χ1n) is 7.02. The van der Waals surface area contributed by atoms with Crippen molar-refractivity contribution in [1.29, 1.82) is 0 Å². The maximum atomic E-state index is 12.3. The molecule has 1 unspecified atom stereocenters. The van der Waals surface area contributed by atoms with E-state index >= 15 is 0 Å². The lowest BCUT2D eigenvalue weighted by molar-refractivity contribution is -0.384. The molecule has 0 aliphatic carbocycles. The number of nitro benzene ring substituents is 1. The van der Waals surface area contributed by atoms with Crippen LogP contribution >= 0.6 is 11.3 Å². The van der Waals surface area contributed by atoms with Gasteiger partial charge in [-0.15, -0.1) is 11.3 Å². The van der Waals surface area contributed by atoms with Crippen LogP contribution in [0.2, 0.25) is 0 Å². The number of hydrogen-bond donors (Lipinski definition) is 2. The normalized spacial score (nSPS) is 13.0. The summed E-state index contributed by atoms with van der Waals surface area (Å²) < 4.78 is 4.84. The predicted molar refractivity (Wildman–Crippen MR) is 89.6 cm³/mol. The summed E-state index contributed by atoms with van der Waals surface area (Å²) in [4.78, 5) is 38.0. The molecule has 2 aromatic rings. The third kappa shape index (κ3) is 4.17. The lowest BCUT2D eigenvalue weighted by Gasteiger charge is -2.24. The number of nitrogens with zero attached hydrogens (tertiary/aromatic N) is 2. The molecule has 132 valence electrons. The van der Waals surface area contributed by atoms with Crippen molar-refractivity contribution < 1.29 is 24.4 Å². The van der Waals surface area contributed by atoms with Crippen molar-refractivity contribution in [2.24, 2.45) is 0 Å². The zero-order valence-electron chi connectivity index (χ0n) is 13.4. The Morgan fingerprint density at radius 3 is 2.80 bits per heavy atom. The molecule has 0 bridgehead atoms. The van der Waals surface area contributed by atoms with E-state index in [1.54, 1.807) is 6.07 Å². The van der Waals surface area contributed by atoms with Crippen molar-refractivity contribution in [2.45, 2.75) is 12.5 Å². The van der Waals surface area contributed by atoms with Gasteiger partial charge in [0.25, 0.3) is 11.6 Å². The number of aliphatic carboxylic acids is 1. The number of carboxylic acid groups (broad SMARTS) is 1. The number of nitro groups is 1. The van der Waals surface area contributed by atoms with Gasteiger partial charge in [0.1, 0.15) is 10.7 Å². The molecule has 1 amide bonds. The Kier molecular flexibility index (Phi) is 5.45. The quantitative estimate of drug-likeness (QED) is 0.566. The van der Waals surface area contributed by atoms with E-state index < -0.39 is 22.3 Å². The number of benzene rings is 1. The minimum atomic E-state index is -1.60. The summed E-state index contributed by atoms with van der Waals surface area (Å²) in [5.74, 6) is -1.91. The summed E-state index contributed by atoms with van der Waals surface area (Å²) in [6.45, 7) is 1.11. The molecule has 0 radical (unpaired) electrons. The average molecular weight is 365 g/mol. The number of carboxylic acids is 1. The molecule has 0 fully saturated rings. The van der Waals surface area contributed by atoms with Gasteiger partial charge in [0, 0.05) is 30.2 Å². The van der Waals surface area contributed by atoms with E-state index in [2.05, 4.69) is 10.3 Å². The monoisotopic (exact) mass is 365 g/mol. The lowest BCUT2D eigenvalue weighted by Crippen LogP contribution is -2.55. The fourth-order valence-corrected chi connectivity index (χ4v) is 2.81. The van der Waals surface area contributed by atoms with Gasteiger partial charge < -0.3 is 15.2 Å². The van der Waals surface area contributed by atoms with E-state index in [1.807, 2.05) is 0 Å². The SMILES string of the molecule is COCC(C)(NC(=O)c1csc(-c2cccc([N+](=O)[O-])c2)n1)C(=O)O. The average Bonchev–Trinajstić information content (AvgIpc) is 3.05. The molecule has 9 nitrogen and oxygen atoms in total. The maximum absolute atomic E-state index is 12.3. The molecule has 0 aliphatic rings. The third-order valence-corrected chi connectivity index (χ3v) is 4.23. The van der Waals surface area contributed by atoms with Gasteiger partial charge >= 0.3 is 5.97 Å². The molecule has 0 saturated heterocycles. The first-order chi connectivity index (χ1) is 11.8. The molecule has 1 aromatic heterocycles. The number of nitrogens with one attached hydrogen (secondary N) is 1. The van der Waals surface area contributed by atoms with Gasteiger partial charge in [0.15, 0.2) is 5.54 Å². The Morgan fingerprint density at radius 2 is 2.20 bits per heavy atom. The van der Waals surface area contributed by atoms with Crippen molar-refractivity contribution >= 4 is 28.9 Å². The Balaban J connectivity index is 2.23. The summed E-state index contributed by atoms with van der Waals surface area (Å²) in [5.41, 5.74) is -1.16. The zero-order valence-corrected chi connectivity index (χ0v) is 14.2. The summed E-state index contributed by atoms with van der Waals surface area (Å²) in [6, 6.07) is 5.87. The number of non-ortho nitro benzene ring substituents is 1. The minimum Gasteiger partial charge on any atom is -0.479 e. The van der Waals surface area contributed by atoms with Crippen LogP contribution in [0.25, 0.3) is 10.6 Å². The largest absolute Gasteiger partial charge is 0.479 e. The number of hydrogen-bond acceptors (Lipinski definition) is 7. The van der Waals surface area contributed by atoms with E-state index in [1.165, 1.54) is 37.6 Å². The van der Waals surface area contributed by atoms with E-state index in [4.69, 9.17) is 4.74 Å². The molecule has 1 aromatic carbocycles. The second-order valence-corrected chi connectivity index (χ2v) is 6.23. The Morgan fingerprint density at radius 1 is 1.48 bits per heavy atom. The van der Waals surface area contributed by atoms with Gasteiger partial charge in [-0.3, -0.25) is 14.9 Å². The highest BCUT2D eigenvalue weighted by atomic mass is 32.1. The number of carbonyl (C=O) groups is 2. The smallest absolute Gasteiger partial charge is 0.331 e. The highest BCUT2D eigenvalue weighted by Crippen LogP contribution is 2.27. The van der Waals surface area contributed by atoms with Crippen molar-refractivity contribution in [3.63, 3.8) is 0 Å². The third-order valence-electron chi connectivity index (χ3n) is 3.34. The molecule has 0 spiro atoms. The minimum absolute atomic E-state index is 0.0232. The number of rotatable bonds is 7. The summed E-state index contributed by atoms with van der Waals surface area (Å²) in [7, 11) is 1.33. The summed E-state index contributed by atoms with van der Waals surface area (Å²) in [5, 5.41) is 24.3. The number of carbonyl (C=O) groups excluding carboxylic acids is 1. The van der Waals surface area contributed by atoms with Crippen LogP contribution in [0.4, 0.5) is 5.69 Å². The Bertz CT molecular complexity index is 821. The van der Waals surface area contributed by atoms with Crippen LogP contribution in [0.1, 0.15) is 17.4 Å². The summed E-state index contributed by atoms with van der Waals surface area (Å²) >= 11 is 1.13. The lowest BCUT2D eigenvalue weighted by atomic mass is 10.0. The van der Waals surface area contributed by atoms with Crippen molar-refractivity contribution in [3.8, 4) is 10.6 Å². The standard InChI is InChI=1S/C15H15N3O6S/c1-15(8-24-2,14(20)21)17-12(19)11-7-25-13(16-11)9-4-3-5-10(6-9)18(22)23/h3-7H,8H2,1-2H3,(H,17,19)(H,20,21). The van der Waals surface area contributed by atoms with Crippen LogP contribution in [0.5, 0.6) is 0 Å². The molecular formula is C15H15N3O6S. The van der Waals surface area contributed by atoms with Gasteiger partial charge in [-0.2, -0.15) is 0 Å². The molecular weight excluding hydrogens is 350 g/mol. The number of ether oxygens (including phenoxy) is 1. The molecule has 2 rings (SSSR count). The molecule has 1 heterocycles. The second kappa shape index (κ2) is 7.36. The summed E-state index contributed by atoms with van der Waals surface area (Å²) in [6.07, 6.45) is 0. The first kappa shape index (κ1) is 18.5. The van der Waals surface area contributed by atoms with Crippen molar-refractivity contribution in [2.75, 3.05) is 13.7 Å². The van der Waals surface area contributed by atoms with Gasteiger partial charge in [0.05, 0.1) is 11.5 Å². The first-order valence-corrected chi connectivity index (χ1v) is 7.90. The highest BCUT2D eigenvalue weighted by molar-refractivity contribution is 7.13. The van der Waals surface area contributed by atoms with Gasteiger partial charge in [0.2, 0.25) is 0 Å². The predicted octanol–water partition coefficient (Wildman–Crippen LogP) is 1.94. The zero-order chi connectivity index (χ0) is 18.6. The Hall–Kier alpha value is -2.85. The number of amides is 1. The molecule has 25 heavy (non-hydrogen) atoms. The molecule has 0 aliphatic heterocycles. The molecule has 2 N–H and O–H groups in total. The van der Waals surface area contributed by atoms with Gasteiger partial charge in [-0.1, -0.05) is 12.1 Å². The molecule has 0 saturated carbocycles. The number of thiazole rings is 1. The van der Waals surface area contributed by atoms with Crippen LogP contribution in [-0.4, -0.2) is 46.1 Å². The number of methoxy groups -OCH3 is 1. The molecule has 10 heteroatoms. The fraction of sp³-hybridized carbons (Fsp3) is 0.267. The highest BCUT2D eigenvalue weighted by Gasteiger charge is 2.35. The van der Waals surface area contributed by atoms with Crippen molar-refractivity contribution in [3.05, 3.63) is 45.5 Å². The fourth-order valence-electron chi connectivity index (χ4n) is 2.02. The van der Waals surface area contributed by atoms with Crippen LogP contribution in [-0.2, 0) is 9.53 Å². The van der Waals surface area contributed by atoms with Crippen molar-refractivity contribution in [1.82, 2.24) is 10.3 Å². The van der Waals surface area contributed by atoms with Crippen LogP contribution in [0.15, 0.2) is 29.6 Å². The van der Waals surface area contributed by atoms with E-state index in [0.29, 0.717) is 10.6 Å². The van der Waals surface area contributed by atoms with Crippen LogP contribution in [0, 0.1) is 10.1 Å². The van der Waals surface area contributed by atoms with Crippen LogP contribution in [0.3, 0.4) is 0 Å². The topological polar surface area (TPSA) is 132 Å².